The Morgan fingerprint density at radius 1 is 1.16 bits per heavy atom. The molecule has 5 heteroatoms. The molecule has 0 atom stereocenters. The van der Waals surface area contributed by atoms with Crippen molar-refractivity contribution in [3.8, 4) is 5.75 Å². The minimum atomic E-state index is -4.43. The van der Waals surface area contributed by atoms with Crippen LogP contribution in [0.15, 0.2) is 18.2 Å². The number of aromatic hydroxyl groups is 1. The Kier molecular flexibility index (Phi) is 3.76. The van der Waals surface area contributed by atoms with Crippen molar-refractivity contribution in [3.63, 3.8) is 0 Å². The fourth-order valence-electron chi connectivity index (χ4n) is 2.97. The molecule has 2 nitrogen and oxygen atoms in total. The zero-order valence-electron chi connectivity index (χ0n) is 10.6. The summed E-state index contributed by atoms with van der Waals surface area (Å²) in [4.78, 5) is 0. The molecule has 0 spiro atoms. The first-order valence-electron chi connectivity index (χ1n) is 6.50. The molecule has 0 aromatic heterocycles. The molecule has 19 heavy (non-hydrogen) atoms. The molecule has 0 radical (unpaired) electrons. The lowest BCUT2D eigenvalue weighted by Crippen LogP contribution is -2.37. The number of hydrogen-bond donors (Lipinski definition) is 2. The van der Waals surface area contributed by atoms with Crippen LogP contribution < -0.4 is 5.73 Å². The summed E-state index contributed by atoms with van der Waals surface area (Å²) in [5.74, 6) is -0.290. The van der Waals surface area contributed by atoms with Gasteiger partial charge in [-0.2, -0.15) is 13.2 Å². The maximum absolute atomic E-state index is 12.6. The van der Waals surface area contributed by atoms with E-state index in [1.807, 2.05) is 0 Å². The smallest absolute Gasteiger partial charge is 0.416 e. The Morgan fingerprint density at radius 3 is 2.26 bits per heavy atom. The number of halogens is 3. The second-order valence-corrected chi connectivity index (χ2v) is 5.27. The minimum absolute atomic E-state index is 0.290. The largest absolute Gasteiger partial charge is 0.508 e. The molecule has 2 rings (SSSR count). The highest BCUT2D eigenvalue weighted by Gasteiger charge is 2.37. The van der Waals surface area contributed by atoms with E-state index in [1.54, 1.807) is 0 Å². The molecule has 1 saturated carbocycles. The van der Waals surface area contributed by atoms with Crippen molar-refractivity contribution in [1.82, 2.24) is 0 Å². The minimum Gasteiger partial charge on any atom is -0.508 e. The van der Waals surface area contributed by atoms with Crippen molar-refractivity contribution in [2.24, 2.45) is 5.73 Å². The highest BCUT2D eigenvalue weighted by atomic mass is 19.4. The first kappa shape index (κ1) is 14.2. The van der Waals surface area contributed by atoms with E-state index >= 15 is 0 Å². The lowest BCUT2D eigenvalue weighted by Gasteiger charge is -2.37. The summed E-state index contributed by atoms with van der Waals surface area (Å²) in [6.45, 7) is 0.353. The van der Waals surface area contributed by atoms with Crippen LogP contribution in [-0.4, -0.2) is 11.7 Å². The molecular formula is C14H18F3NO. The quantitative estimate of drug-likeness (QED) is 0.865. The SMILES string of the molecule is NCC1(c2ccc(C(F)(F)F)cc2O)CCCCC1. The molecule has 1 aliphatic carbocycles. The molecule has 0 saturated heterocycles. The summed E-state index contributed by atoms with van der Waals surface area (Å²) in [5.41, 5.74) is 5.20. The van der Waals surface area contributed by atoms with Crippen molar-refractivity contribution >= 4 is 0 Å². The van der Waals surface area contributed by atoms with Gasteiger partial charge in [0.1, 0.15) is 5.75 Å². The van der Waals surface area contributed by atoms with Crippen LogP contribution in [-0.2, 0) is 11.6 Å². The molecule has 0 unspecified atom stereocenters. The van der Waals surface area contributed by atoms with Crippen LogP contribution in [0, 0.1) is 0 Å². The van der Waals surface area contributed by atoms with E-state index in [0.717, 1.165) is 44.2 Å². The van der Waals surface area contributed by atoms with Gasteiger partial charge < -0.3 is 10.8 Å². The van der Waals surface area contributed by atoms with Crippen LogP contribution in [0.2, 0.25) is 0 Å². The molecule has 106 valence electrons. The van der Waals surface area contributed by atoms with Crippen LogP contribution in [0.4, 0.5) is 13.2 Å². The lowest BCUT2D eigenvalue weighted by molar-refractivity contribution is -0.137. The van der Waals surface area contributed by atoms with Gasteiger partial charge in [-0.25, -0.2) is 0 Å². The second-order valence-electron chi connectivity index (χ2n) is 5.27. The Balaban J connectivity index is 2.39. The number of phenols is 1. The van der Waals surface area contributed by atoms with Crippen LogP contribution in [0.25, 0.3) is 0 Å². The predicted octanol–water partition coefficient (Wildman–Crippen LogP) is 3.57. The average molecular weight is 273 g/mol. The fourth-order valence-corrected chi connectivity index (χ4v) is 2.97. The van der Waals surface area contributed by atoms with Gasteiger partial charge in [0.25, 0.3) is 0 Å². The van der Waals surface area contributed by atoms with Gasteiger partial charge in [0.05, 0.1) is 5.56 Å². The van der Waals surface area contributed by atoms with E-state index in [4.69, 9.17) is 5.73 Å². The zero-order chi connectivity index (χ0) is 14.1. The third kappa shape index (κ3) is 2.71. The maximum Gasteiger partial charge on any atom is 0.416 e. The van der Waals surface area contributed by atoms with Gasteiger partial charge in [0.15, 0.2) is 0 Å². The third-order valence-electron chi connectivity index (χ3n) is 4.10. The molecule has 1 aromatic rings. The molecule has 0 amide bonds. The van der Waals surface area contributed by atoms with E-state index in [9.17, 15) is 18.3 Å². The Bertz CT molecular complexity index is 450. The number of rotatable bonds is 2. The molecule has 3 N–H and O–H groups in total. The van der Waals surface area contributed by atoms with E-state index in [-0.39, 0.29) is 11.2 Å². The van der Waals surface area contributed by atoms with E-state index < -0.39 is 11.7 Å². The van der Waals surface area contributed by atoms with Gasteiger partial charge in [-0.15, -0.1) is 0 Å². The summed E-state index contributed by atoms with van der Waals surface area (Å²) >= 11 is 0. The first-order chi connectivity index (χ1) is 8.89. The van der Waals surface area contributed by atoms with Gasteiger partial charge in [0, 0.05) is 17.5 Å². The Labute approximate surface area is 110 Å². The monoisotopic (exact) mass is 273 g/mol. The average Bonchev–Trinajstić information content (AvgIpc) is 2.38. The molecule has 0 heterocycles. The number of alkyl halides is 3. The van der Waals surface area contributed by atoms with E-state index in [2.05, 4.69) is 0 Å². The van der Waals surface area contributed by atoms with E-state index in [1.165, 1.54) is 6.07 Å². The fraction of sp³-hybridized carbons (Fsp3) is 0.571. The zero-order valence-corrected chi connectivity index (χ0v) is 10.6. The molecule has 0 aliphatic heterocycles. The highest BCUT2D eigenvalue weighted by Crippen LogP contribution is 2.43. The molecular weight excluding hydrogens is 255 g/mol. The molecule has 1 aliphatic rings. The lowest BCUT2D eigenvalue weighted by atomic mass is 9.69. The van der Waals surface area contributed by atoms with Crippen molar-refractivity contribution < 1.29 is 18.3 Å². The van der Waals surface area contributed by atoms with Gasteiger partial charge in [-0.3, -0.25) is 0 Å². The number of hydrogen-bond acceptors (Lipinski definition) is 2. The Morgan fingerprint density at radius 2 is 1.79 bits per heavy atom. The standard InChI is InChI=1S/C14H18F3NO/c15-14(16,17)10-4-5-11(12(19)8-10)13(9-18)6-2-1-3-7-13/h4-5,8,19H,1-3,6-7,9,18H2. The van der Waals surface area contributed by atoms with Gasteiger partial charge in [-0.1, -0.05) is 25.3 Å². The van der Waals surface area contributed by atoms with Gasteiger partial charge in [0.2, 0.25) is 0 Å². The van der Waals surface area contributed by atoms with Crippen LogP contribution >= 0.6 is 0 Å². The van der Waals surface area contributed by atoms with Crippen LogP contribution in [0.5, 0.6) is 5.75 Å². The number of nitrogens with two attached hydrogens (primary N) is 1. The molecule has 0 bridgehead atoms. The summed E-state index contributed by atoms with van der Waals surface area (Å²) < 4.78 is 37.8. The van der Waals surface area contributed by atoms with Crippen molar-refractivity contribution in [1.29, 1.82) is 0 Å². The third-order valence-corrected chi connectivity index (χ3v) is 4.10. The highest BCUT2D eigenvalue weighted by molar-refractivity contribution is 5.43. The summed E-state index contributed by atoms with van der Waals surface area (Å²) in [5, 5.41) is 9.95. The molecule has 1 aromatic carbocycles. The van der Waals surface area contributed by atoms with Crippen LogP contribution in [0.1, 0.15) is 43.2 Å². The number of phenolic OH excluding ortho intramolecular Hbond substituents is 1. The van der Waals surface area contributed by atoms with Crippen molar-refractivity contribution in [3.05, 3.63) is 29.3 Å². The van der Waals surface area contributed by atoms with Crippen LogP contribution in [0.3, 0.4) is 0 Å². The van der Waals surface area contributed by atoms with Crippen molar-refractivity contribution in [2.75, 3.05) is 6.54 Å². The first-order valence-corrected chi connectivity index (χ1v) is 6.50. The second kappa shape index (κ2) is 5.04. The predicted molar refractivity (Wildman–Crippen MR) is 66.9 cm³/mol. The van der Waals surface area contributed by atoms with Gasteiger partial charge >= 0.3 is 6.18 Å². The maximum atomic E-state index is 12.6. The number of benzene rings is 1. The topological polar surface area (TPSA) is 46.2 Å². The summed E-state index contributed by atoms with van der Waals surface area (Å²) in [7, 11) is 0. The summed E-state index contributed by atoms with van der Waals surface area (Å²) in [6.07, 6.45) is 0.321. The normalized spacial score (nSPS) is 19.4. The van der Waals surface area contributed by atoms with E-state index in [0.29, 0.717) is 12.1 Å². The van der Waals surface area contributed by atoms with Gasteiger partial charge in [-0.05, 0) is 25.0 Å². The van der Waals surface area contributed by atoms with Crippen molar-refractivity contribution in [2.45, 2.75) is 43.7 Å². The Hall–Kier alpha value is -1.23. The molecule has 1 fully saturated rings. The summed E-state index contributed by atoms with van der Waals surface area (Å²) in [6, 6.07) is 3.22.